The highest BCUT2D eigenvalue weighted by Gasteiger charge is 2.21. The van der Waals surface area contributed by atoms with E-state index in [1.165, 1.54) is 23.0 Å². The van der Waals surface area contributed by atoms with Crippen LogP contribution in [0, 0.1) is 12.7 Å². The highest BCUT2D eigenvalue weighted by molar-refractivity contribution is 6.39. The van der Waals surface area contributed by atoms with Crippen LogP contribution in [-0.4, -0.2) is 27.4 Å². The third-order valence-corrected chi connectivity index (χ3v) is 6.06. The van der Waals surface area contributed by atoms with Crippen molar-refractivity contribution in [2.24, 2.45) is 12.1 Å². The normalized spacial score (nSPS) is 10.9. The van der Waals surface area contributed by atoms with Crippen molar-refractivity contribution in [3.8, 4) is 11.4 Å². The van der Waals surface area contributed by atoms with Gasteiger partial charge >= 0.3 is 11.8 Å². The summed E-state index contributed by atoms with van der Waals surface area (Å²) in [5.74, 6) is -2.06. The molecule has 2 amide bonds. The molecular weight excluding hydrogens is 513 g/mol. The van der Waals surface area contributed by atoms with Crippen LogP contribution in [0.15, 0.2) is 82.7 Å². The molecule has 0 aliphatic carbocycles. The van der Waals surface area contributed by atoms with Crippen molar-refractivity contribution in [3.63, 3.8) is 0 Å². The zero-order valence-corrected chi connectivity index (χ0v) is 21.2. The lowest BCUT2D eigenvalue weighted by Crippen LogP contribution is -2.34. The van der Waals surface area contributed by atoms with Crippen LogP contribution in [0.2, 0.25) is 5.02 Å². The van der Waals surface area contributed by atoms with E-state index in [9.17, 15) is 18.8 Å². The maximum absolute atomic E-state index is 13.9. The Morgan fingerprint density at radius 1 is 1.03 bits per heavy atom. The van der Waals surface area contributed by atoms with Gasteiger partial charge in [-0.3, -0.25) is 19.1 Å². The Morgan fingerprint density at radius 3 is 2.42 bits per heavy atom. The van der Waals surface area contributed by atoms with Gasteiger partial charge in [0.15, 0.2) is 0 Å². The standard InChI is InChI=1S/C27H23ClFN5O4/c1-17-24(27(37)34(33(17)2)19-7-4-3-5-8-19)31-25(35)26(36)32-30-15-18-11-13-20(14-12-18)38-16-21-22(28)9-6-10-23(21)29/h3-15H,16H2,1-2H3,(H,31,35)(H,32,36)/b30-15+. The van der Waals surface area contributed by atoms with E-state index in [-0.39, 0.29) is 22.9 Å². The van der Waals surface area contributed by atoms with Gasteiger partial charge in [-0.1, -0.05) is 35.9 Å². The fourth-order valence-electron chi connectivity index (χ4n) is 3.57. The molecule has 0 aliphatic heterocycles. The first-order valence-corrected chi connectivity index (χ1v) is 11.8. The predicted octanol–water partition coefficient (Wildman–Crippen LogP) is 3.94. The minimum Gasteiger partial charge on any atom is -0.489 e. The first-order valence-electron chi connectivity index (χ1n) is 11.4. The number of hydrazone groups is 1. The van der Waals surface area contributed by atoms with Crippen molar-refractivity contribution >= 4 is 35.3 Å². The molecule has 0 aliphatic rings. The number of rotatable bonds is 7. The van der Waals surface area contributed by atoms with Crippen molar-refractivity contribution in [1.29, 1.82) is 0 Å². The second kappa shape index (κ2) is 11.6. The number of nitrogens with zero attached hydrogens (tertiary/aromatic N) is 3. The number of aromatic nitrogens is 2. The molecule has 9 nitrogen and oxygen atoms in total. The van der Waals surface area contributed by atoms with Crippen molar-refractivity contribution in [1.82, 2.24) is 14.8 Å². The molecule has 0 atom stereocenters. The Kier molecular flexibility index (Phi) is 8.03. The second-order valence-electron chi connectivity index (χ2n) is 8.15. The number of carbonyl (C=O) groups excluding carboxylic acids is 2. The van der Waals surface area contributed by atoms with Crippen molar-refractivity contribution < 1.29 is 18.7 Å². The summed E-state index contributed by atoms with van der Waals surface area (Å²) in [6.45, 7) is 1.62. The maximum Gasteiger partial charge on any atom is 0.329 e. The Balaban J connectivity index is 1.34. The van der Waals surface area contributed by atoms with E-state index < -0.39 is 23.2 Å². The number of hydrogen-bond donors (Lipinski definition) is 2. The highest BCUT2D eigenvalue weighted by atomic mass is 35.5. The van der Waals surface area contributed by atoms with Crippen molar-refractivity contribution in [3.05, 3.63) is 111 Å². The molecule has 2 N–H and O–H groups in total. The summed E-state index contributed by atoms with van der Waals surface area (Å²) in [5.41, 5.74) is 3.60. The van der Waals surface area contributed by atoms with E-state index in [0.29, 0.717) is 22.7 Å². The number of nitrogens with one attached hydrogen (secondary N) is 2. The van der Waals surface area contributed by atoms with Crippen LogP contribution in [0.3, 0.4) is 0 Å². The van der Waals surface area contributed by atoms with E-state index in [1.54, 1.807) is 73.3 Å². The number of halogens is 2. The Labute approximate surface area is 222 Å². The van der Waals surface area contributed by atoms with Crippen LogP contribution >= 0.6 is 11.6 Å². The summed E-state index contributed by atoms with van der Waals surface area (Å²) in [5, 5.41) is 6.43. The van der Waals surface area contributed by atoms with E-state index >= 15 is 0 Å². The van der Waals surface area contributed by atoms with Crippen LogP contribution in [0.4, 0.5) is 10.1 Å². The largest absolute Gasteiger partial charge is 0.489 e. The van der Waals surface area contributed by atoms with E-state index in [1.807, 2.05) is 6.07 Å². The molecule has 0 fully saturated rings. The lowest BCUT2D eigenvalue weighted by molar-refractivity contribution is -0.136. The maximum atomic E-state index is 13.9. The first kappa shape index (κ1) is 26.4. The SMILES string of the molecule is Cc1c(NC(=O)C(=O)N/N=C/c2ccc(OCc3c(F)cccc3Cl)cc2)c(=O)n(-c2ccccc2)n1C. The molecule has 38 heavy (non-hydrogen) atoms. The number of ether oxygens (including phenoxy) is 1. The lowest BCUT2D eigenvalue weighted by Gasteiger charge is -2.08. The number of hydrogen-bond acceptors (Lipinski definition) is 5. The fraction of sp³-hybridized carbons (Fsp3) is 0.111. The molecule has 0 saturated heterocycles. The molecule has 4 aromatic rings. The van der Waals surface area contributed by atoms with Gasteiger partial charge < -0.3 is 10.1 Å². The number of para-hydroxylation sites is 1. The van der Waals surface area contributed by atoms with Gasteiger partial charge in [0.05, 0.1) is 22.6 Å². The molecule has 4 rings (SSSR count). The van der Waals surface area contributed by atoms with Gasteiger partial charge in [0, 0.05) is 12.6 Å². The molecule has 0 spiro atoms. The molecule has 3 aromatic carbocycles. The van der Waals surface area contributed by atoms with Gasteiger partial charge in [-0.05, 0) is 61.0 Å². The first-order chi connectivity index (χ1) is 18.3. The zero-order valence-electron chi connectivity index (χ0n) is 20.4. The molecule has 0 unspecified atom stereocenters. The van der Waals surface area contributed by atoms with Gasteiger partial charge in [-0.15, -0.1) is 0 Å². The molecule has 0 saturated carbocycles. The number of carbonyl (C=O) groups is 2. The van der Waals surface area contributed by atoms with Crippen molar-refractivity contribution in [2.45, 2.75) is 13.5 Å². The number of amides is 2. The van der Waals surface area contributed by atoms with E-state index in [4.69, 9.17) is 16.3 Å². The van der Waals surface area contributed by atoms with Crippen LogP contribution in [0.25, 0.3) is 5.69 Å². The van der Waals surface area contributed by atoms with Crippen molar-refractivity contribution in [2.75, 3.05) is 5.32 Å². The smallest absolute Gasteiger partial charge is 0.329 e. The minimum absolute atomic E-state index is 0.00672. The molecule has 0 radical (unpaired) electrons. The average molecular weight is 536 g/mol. The Bertz CT molecular complexity index is 1540. The quantitative estimate of drug-likeness (QED) is 0.212. The van der Waals surface area contributed by atoms with Crippen LogP contribution in [0.5, 0.6) is 5.75 Å². The van der Waals surface area contributed by atoms with E-state index in [0.717, 1.165) is 0 Å². The van der Waals surface area contributed by atoms with Crippen LogP contribution in [0.1, 0.15) is 16.8 Å². The third-order valence-electron chi connectivity index (χ3n) is 5.70. The predicted molar refractivity (Wildman–Crippen MR) is 142 cm³/mol. The summed E-state index contributed by atoms with van der Waals surface area (Å²) in [6.07, 6.45) is 1.33. The Morgan fingerprint density at radius 2 is 1.74 bits per heavy atom. The van der Waals surface area contributed by atoms with Gasteiger partial charge in [-0.25, -0.2) is 14.5 Å². The molecule has 11 heteroatoms. The van der Waals surface area contributed by atoms with Gasteiger partial charge in [0.25, 0.3) is 5.56 Å². The molecule has 1 heterocycles. The minimum atomic E-state index is -1.04. The van der Waals surface area contributed by atoms with Gasteiger partial charge in [-0.2, -0.15) is 5.10 Å². The third kappa shape index (κ3) is 5.81. The topological polar surface area (TPSA) is 107 Å². The summed E-state index contributed by atoms with van der Waals surface area (Å²) < 4.78 is 22.4. The van der Waals surface area contributed by atoms with Gasteiger partial charge in [0.1, 0.15) is 23.9 Å². The zero-order chi connectivity index (χ0) is 27.2. The number of anilines is 1. The van der Waals surface area contributed by atoms with E-state index in [2.05, 4.69) is 15.8 Å². The van der Waals surface area contributed by atoms with Crippen LogP contribution < -0.4 is 21.0 Å². The molecule has 194 valence electrons. The highest BCUT2D eigenvalue weighted by Crippen LogP contribution is 2.21. The second-order valence-corrected chi connectivity index (χ2v) is 8.55. The summed E-state index contributed by atoms with van der Waals surface area (Å²) in [4.78, 5) is 37.5. The summed E-state index contributed by atoms with van der Waals surface area (Å²) >= 11 is 6.00. The van der Waals surface area contributed by atoms with Crippen LogP contribution in [-0.2, 0) is 23.2 Å². The fourth-order valence-corrected chi connectivity index (χ4v) is 3.79. The lowest BCUT2D eigenvalue weighted by atomic mass is 10.2. The summed E-state index contributed by atoms with van der Waals surface area (Å²) in [7, 11) is 1.68. The Hall–Kier alpha value is -4.70. The average Bonchev–Trinajstić information content (AvgIpc) is 3.12. The number of benzene rings is 3. The molecule has 1 aromatic heterocycles. The monoisotopic (exact) mass is 535 g/mol. The molecular formula is C27H23ClFN5O4. The summed E-state index contributed by atoms with van der Waals surface area (Å²) in [6, 6.07) is 19.9. The molecule has 0 bridgehead atoms. The van der Waals surface area contributed by atoms with Gasteiger partial charge in [0.2, 0.25) is 0 Å².